The highest BCUT2D eigenvalue weighted by atomic mass is 79.9. The van der Waals surface area contributed by atoms with E-state index in [1.807, 2.05) is 6.07 Å². The number of aromatic nitrogens is 1. The lowest BCUT2D eigenvalue weighted by Crippen LogP contribution is -2.42. The van der Waals surface area contributed by atoms with Gasteiger partial charge in [-0.3, -0.25) is 0 Å². The first kappa shape index (κ1) is 20.8. The van der Waals surface area contributed by atoms with E-state index in [1.54, 1.807) is 5.51 Å². The lowest BCUT2D eigenvalue weighted by Gasteiger charge is -2.37. The molecule has 3 rings (SSSR count). The minimum absolute atomic E-state index is 0.136. The van der Waals surface area contributed by atoms with Crippen molar-refractivity contribution in [2.24, 2.45) is 0 Å². The number of benzene rings is 1. The van der Waals surface area contributed by atoms with E-state index in [2.05, 4.69) is 64.8 Å². The molecular formula is C21H29BrN2O2S. The minimum Gasteiger partial charge on any atom is -0.494 e. The Bertz CT molecular complexity index is 749. The molecule has 1 aliphatic heterocycles. The van der Waals surface area contributed by atoms with Gasteiger partial charge in [0.2, 0.25) is 0 Å². The SMILES string of the molecule is CC(C)(C)c1cccc(OCCCN2CCC(O)(c3scnc3Br)CC2)c1. The smallest absolute Gasteiger partial charge is 0.123 e. The van der Waals surface area contributed by atoms with Crippen LogP contribution in [-0.4, -0.2) is 41.2 Å². The molecule has 1 N–H and O–H groups in total. The molecule has 148 valence electrons. The Morgan fingerprint density at radius 1 is 1.30 bits per heavy atom. The Kier molecular flexibility index (Phi) is 6.62. The second kappa shape index (κ2) is 8.60. The number of nitrogens with zero attached hydrogens (tertiary/aromatic N) is 2. The molecule has 1 aromatic heterocycles. The summed E-state index contributed by atoms with van der Waals surface area (Å²) in [5, 5.41) is 10.9. The van der Waals surface area contributed by atoms with Gasteiger partial charge in [-0.25, -0.2) is 4.98 Å². The molecule has 2 aromatic rings. The fourth-order valence-corrected chi connectivity index (χ4v) is 5.16. The predicted molar refractivity (Wildman–Crippen MR) is 115 cm³/mol. The van der Waals surface area contributed by atoms with Gasteiger partial charge < -0.3 is 14.7 Å². The summed E-state index contributed by atoms with van der Waals surface area (Å²) in [5.74, 6) is 0.950. The van der Waals surface area contributed by atoms with Crippen molar-refractivity contribution in [2.75, 3.05) is 26.2 Å². The third-order valence-electron chi connectivity index (χ3n) is 5.22. The van der Waals surface area contributed by atoms with Crippen LogP contribution in [0.25, 0.3) is 0 Å². The normalized spacial score (nSPS) is 17.8. The van der Waals surface area contributed by atoms with Gasteiger partial charge in [-0.2, -0.15) is 0 Å². The maximum atomic E-state index is 10.9. The number of piperidine rings is 1. The number of hydrogen-bond donors (Lipinski definition) is 1. The summed E-state index contributed by atoms with van der Waals surface area (Å²) >= 11 is 4.98. The molecule has 6 heteroatoms. The van der Waals surface area contributed by atoms with Crippen LogP contribution in [0.4, 0.5) is 0 Å². The van der Waals surface area contributed by atoms with E-state index < -0.39 is 5.60 Å². The first-order valence-corrected chi connectivity index (χ1v) is 11.2. The van der Waals surface area contributed by atoms with E-state index in [0.717, 1.165) is 60.7 Å². The molecule has 0 radical (unpaired) electrons. The van der Waals surface area contributed by atoms with Crippen LogP contribution < -0.4 is 4.74 Å². The number of rotatable bonds is 6. The van der Waals surface area contributed by atoms with Crippen LogP contribution in [0.15, 0.2) is 34.4 Å². The molecular weight excluding hydrogens is 424 g/mol. The lowest BCUT2D eigenvalue weighted by molar-refractivity contribution is -0.0242. The fraction of sp³-hybridized carbons (Fsp3) is 0.571. The van der Waals surface area contributed by atoms with Crippen molar-refractivity contribution in [2.45, 2.75) is 51.0 Å². The van der Waals surface area contributed by atoms with Crippen LogP contribution in [0.2, 0.25) is 0 Å². The van der Waals surface area contributed by atoms with Crippen molar-refractivity contribution in [3.05, 3.63) is 44.8 Å². The van der Waals surface area contributed by atoms with Crippen LogP contribution in [0.3, 0.4) is 0 Å². The summed E-state index contributed by atoms with van der Waals surface area (Å²) in [4.78, 5) is 7.59. The summed E-state index contributed by atoms with van der Waals surface area (Å²) in [6.45, 7) is 10.2. The van der Waals surface area contributed by atoms with Crippen molar-refractivity contribution in [1.82, 2.24) is 9.88 Å². The molecule has 2 heterocycles. The number of halogens is 1. The van der Waals surface area contributed by atoms with Gasteiger partial charge in [-0.1, -0.05) is 32.9 Å². The number of likely N-dealkylation sites (tertiary alicyclic amines) is 1. The van der Waals surface area contributed by atoms with Gasteiger partial charge in [0.25, 0.3) is 0 Å². The standard InChI is InChI=1S/C21H29BrN2O2S/c1-20(2,3)16-6-4-7-17(14-16)26-13-5-10-24-11-8-21(25,9-12-24)18-19(22)23-15-27-18/h4,6-7,14-15,25H,5,8-13H2,1-3H3. The van der Waals surface area contributed by atoms with Crippen LogP contribution in [0.5, 0.6) is 5.75 Å². The van der Waals surface area contributed by atoms with E-state index in [9.17, 15) is 5.11 Å². The quantitative estimate of drug-likeness (QED) is 0.629. The van der Waals surface area contributed by atoms with Crippen LogP contribution in [-0.2, 0) is 11.0 Å². The fourth-order valence-electron chi connectivity index (χ4n) is 3.44. The first-order valence-electron chi connectivity index (χ1n) is 9.55. The highest BCUT2D eigenvalue weighted by Crippen LogP contribution is 2.39. The molecule has 0 bridgehead atoms. The van der Waals surface area contributed by atoms with Crippen molar-refractivity contribution in [3.8, 4) is 5.75 Å². The number of thiazole rings is 1. The molecule has 4 nitrogen and oxygen atoms in total. The van der Waals surface area contributed by atoms with E-state index in [4.69, 9.17) is 4.74 Å². The highest BCUT2D eigenvalue weighted by Gasteiger charge is 2.36. The van der Waals surface area contributed by atoms with Crippen molar-refractivity contribution < 1.29 is 9.84 Å². The summed E-state index contributed by atoms with van der Waals surface area (Å²) < 4.78 is 6.75. The average molecular weight is 453 g/mol. The number of ether oxygens (including phenoxy) is 1. The Labute approximate surface area is 174 Å². The molecule has 27 heavy (non-hydrogen) atoms. The average Bonchev–Trinajstić information content (AvgIpc) is 3.07. The van der Waals surface area contributed by atoms with Gasteiger partial charge in [0.1, 0.15) is 16.0 Å². The van der Waals surface area contributed by atoms with Gasteiger partial charge in [-0.05, 0) is 58.3 Å². The Morgan fingerprint density at radius 2 is 2.04 bits per heavy atom. The zero-order chi connectivity index (χ0) is 19.5. The van der Waals surface area contributed by atoms with Gasteiger partial charge in [0.05, 0.1) is 17.0 Å². The minimum atomic E-state index is -0.736. The zero-order valence-electron chi connectivity index (χ0n) is 16.4. The zero-order valence-corrected chi connectivity index (χ0v) is 18.8. The molecule has 0 aliphatic carbocycles. The topological polar surface area (TPSA) is 45.6 Å². The van der Waals surface area contributed by atoms with Crippen LogP contribution in [0.1, 0.15) is 50.5 Å². The summed E-state index contributed by atoms with van der Waals surface area (Å²) in [6, 6.07) is 8.40. The van der Waals surface area contributed by atoms with E-state index >= 15 is 0 Å². The molecule has 1 aromatic carbocycles. The van der Waals surface area contributed by atoms with Gasteiger partial charge >= 0.3 is 0 Å². The third kappa shape index (κ3) is 5.31. The van der Waals surface area contributed by atoms with Gasteiger partial charge in [0.15, 0.2) is 0 Å². The molecule has 1 saturated heterocycles. The van der Waals surface area contributed by atoms with Crippen LogP contribution in [0, 0.1) is 0 Å². The first-order chi connectivity index (χ1) is 12.8. The Morgan fingerprint density at radius 3 is 2.67 bits per heavy atom. The predicted octanol–water partition coefficient (Wildman–Crippen LogP) is 4.96. The summed E-state index contributed by atoms with van der Waals surface area (Å²) in [7, 11) is 0. The van der Waals surface area contributed by atoms with E-state index in [0.29, 0.717) is 0 Å². The maximum absolute atomic E-state index is 10.9. The van der Waals surface area contributed by atoms with Crippen molar-refractivity contribution >= 4 is 27.3 Å². The second-order valence-corrected chi connectivity index (χ2v) is 9.93. The molecule has 1 aliphatic rings. The summed E-state index contributed by atoms with van der Waals surface area (Å²) in [5.41, 5.74) is 2.48. The van der Waals surface area contributed by atoms with E-state index in [1.165, 1.54) is 16.9 Å². The molecule has 0 unspecified atom stereocenters. The van der Waals surface area contributed by atoms with Crippen molar-refractivity contribution in [3.63, 3.8) is 0 Å². The van der Waals surface area contributed by atoms with Gasteiger partial charge in [0, 0.05) is 19.6 Å². The molecule has 1 fully saturated rings. The second-order valence-electron chi connectivity index (χ2n) is 8.33. The third-order valence-corrected chi connectivity index (χ3v) is 7.10. The number of hydrogen-bond acceptors (Lipinski definition) is 5. The monoisotopic (exact) mass is 452 g/mol. The lowest BCUT2D eigenvalue weighted by atomic mass is 9.87. The molecule has 0 atom stereocenters. The Hall–Kier alpha value is -0.950. The Balaban J connectivity index is 1.42. The highest BCUT2D eigenvalue weighted by molar-refractivity contribution is 9.10. The molecule has 0 spiro atoms. The number of aliphatic hydroxyl groups is 1. The van der Waals surface area contributed by atoms with Crippen LogP contribution >= 0.6 is 27.3 Å². The maximum Gasteiger partial charge on any atom is 0.123 e. The van der Waals surface area contributed by atoms with E-state index in [-0.39, 0.29) is 5.41 Å². The van der Waals surface area contributed by atoms with Gasteiger partial charge in [-0.15, -0.1) is 11.3 Å². The molecule has 0 amide bonds. The largest absolute Gasteiger partial charge is 0.494 e. The molecule has 0 saturated carbocycles. The summed E-state index contributed by atoms with van der Waals surface area (Å²) in [6.07, 6.45) is 2.49. The van der Waals surface area contributed by atoms with Crippen molar-refractivity contribution in [1.29, 1.82) is 0 Å².